The molecule has 0 saturated heterocycles. The van der Waals surface area contributed by atoms with Crippen LogP contribution in [0.2, 0.25) is 0 Å². The van der Waals surface area contributed by atoms with Gasteiger partial charge in [0.05, 0.1) is 0 Å². The molecule has 0 radical (unpaired) electrons. The van der Waals surface area contributed by atoms with Gasteiger partial charge in [0, 0.05) is 49.1 Å². The van der Waals surface area contributed by atoms with E-state index in [2.05, 4.69) is 380 Å². The molecule has 2 nitrogen and oxygen atoms in total. The van der Waals surface area contributed by atoms with Gasteiger partial charge in [-0.2, -0.15) is 0 Å². The zero-order valence-corrected chi connectivity index (χ0v) is 61.5. The predicted molar refractivity (Wildman–Crippen MR) is 466 cm³/mol. The highest BCUT2D eigenvalue weighted by Crippen LogP contribution is 2.58. The minimum Gasteiger partial charge on any atom is -0.455 e. The van der Waals surface area contributed by atoms with Crippen LogP contribution < -0.4 is 0 Å². The zero-order valence-electron chi connectivity index (χ0n) is 61.5. The van der Waals surface area contributed by atoms with Gasteiger partial charge in [-0.05, 0) is 201 Å². The first-order chi connectivity index (χ1) is 54.1. The summed E-state index contributed by atoms with van der Waals surface area (Å²) in [7, 11) is 0. The van der Waals surface area contributed by atoms with Crippen molar-refractivity contribution in [3.63, 3.8) is 0 Å². The number of hydrogen-bond donors (Lipinski definition) is 0. The fraction of sp³-hybridized carbons (Fsp3) is 0.0556. The van der Waals surface area contributed by atoms with Crippen LogP contribution in [-0.2, 0) is 10.8 Å². The Balaban J connectivity index is 0.000000136. The summed E-state index contributed by atoms with van der Waals surface area (Å²) in [6, 6.07) is 134. The first-order valence-electron chi connectivity index (χ1n) is 38.4. The lowest BCUT2D eigenvalue weighted by atomic mass is 9.80. The number of rotatable bonds is 7. The third-order valence-corrected chi connectivity index (χ3v) is 24.4. The van der Waals surface area contributed by atoms with E-state index in [4.69, 9.17) is 8.83 Å². The molecule has 23 rings (SSSR count). The van der Waals surface area contributed by atoms with Crippen LogP contribution in [0.1, 0.15) is 49.9 Å². The lowest BCUT2D eigenvalue weighted by Crippen LogP contribution is -2.15. The van der Waals surface area contributed by atoms with Crippen molar-refractivity contribution in [1.29, 1.82) is 0 Å². The van der Waals surface area contributed by atoms with E-state index in [0.717, 1.165) is 60.6 Å². The summed E-state index contributed by atoms with van der Waals surface area (Å²) in [4.78, 5) is 0. The molecule has 2 heteroatoms. The molecule has 2 aliphatic rings. The summed E-state index contributed by atoms with van der Waals surface area (Å²) in [6.07, 6.45) is 0. The van der Waals surface area contributed by atoms with Crippen LogP contribution in [-0.4, -0.2) is 0 Å². The van der Waals surface area contributed by atoms with E-state index in [1.807, 2.05) is 12.1 Å². The highest BCUT2D eigenvalue weighted by molar-refractivity contribution is 6.26. The molecular weight excluding hydrogens is 1330 g/mol. The normalized spacial score (nSPS) is 13.2. The molecule has 19 aromatic carbocycles. The van der Waals surface area contributed by atoms with Gasteiger partial charge in [-0.1, -0.05) is 361 Å². The van der Waals surface area contributed by atoms with Crippen molar-refractivity contribution < 1.29 is 8.83 Å². The fourth-order valence-electron chi connectivity index (χ4n) is 19.7. The Hall–Kier alpha value is -13.7. The Labute approximate surface area is 638 Å². The van der Waals surface area contributed by atoms with Gasteiger partial charge in [0.1, 0.15) is 22.3 Å². The molecule has 0 N–H and O–H groups in total. The Morgan fingerprint density at radius 1 is 0.182 bits per heavy atom. The predicted octanol–water partition coefficient (Wildman–Crippen LogP) is 30.4. The number of hydrogen-bond acceptors (Lipinski definition) is 2. The van der Waals surface area contributed by atoms with E-state index in [1.54, 1.807) is 0 Å². The van der Waals surface area contributed by atoms with E-state index < -0.39 is 0 Å². The summed E-state index contributed by atoms with van der Waals surface area (Å²) >= 11 is 0. The van der Waals surface area contributed by atoms with Gasteiger partial charge in [-0.3, -0.25) is 0 Å². The second kappa shape index (κ2) is 24.4. The van der Waals surface area contributed by atoms with E-state index >= 15 is 0 Å². The number of furan rings is 2. The van der Waals surface area contributed by atoms with E-state index in [9.17, 15) is 0 Å². The van der Waals surface area contributed by atoms with Gasteiger partial charge in [-0.25, -0.2) is 0 Å². The van der Waals surface area contributed by atoms with Crippen molar-refractivity contribution in [3.8, 4) is 100 Å². The maximum absolute atomic E-state index is 6.62. The van der Waals surface area contributed by atoms with Crippen molar-refractivity contribution in [2.75, 3.05) is 0 Å². The zero-order chi connectivity index (χ0) is 73.1. The second-order valence-corrected chi connectivity index (χ2v) is 31.1. The second-order valence-electron chi connectivity index (χ2n) is 31.1. The van der Waals surface area contributed by atoms with Gasteiger partial charge < -0.3 is 8.83 Å². The Bertz CT molecular complexity index is 7360. The van der Waals surface area contributed by atoms with Gasteiger partial charge >= 0.3 is 0 Å². The summed E-state index contributed by atoms with van der Waals surface area (Å²) in [5.74, 6) is 0. The van der Waals surface area contributed by atoms with Crippen LogP contribution in [0, 0.1) is 0 Å². The summed E-state index contributed by atoms with van der Waals surface area (Å²) < 4.78 is 13.1. The molecule has 2 heterocycles. The van der Waals surface area contributed by atoms with Gasteiger partial charge in [0.25, 0.3) is 0 Å². The van der Waals surface area contributed by atoms with Crippen molar-refractivity contribution in [2.24, 2.45) is 0 Å². The van der Waals surface area contributed by atoms with Crippen molar-refractivity contribution in [2.45, 2.75) is 38.5 Å². The van der Waals surface area contributed by atoms with Crippen LogP contribution in [0.15, 0.2) is 373 Å². The Morgan fingerprint density at radius 3 is 0.864 bits per heavy atom. The molecule has 0 spiro atoms. The summed E-state index contributed by atoms with van der Waals surface area (Å²) in [5.41, 5.74) is 31.5. The monoisotopic (exact) mass is 1400 g/mol. The molecule has 0 saturated carbocycles. The lowest BCUT2D eigenvalue weighted by Gasteiger charge is -2.23. The SMILES string of the molecule is CC1(C)c2cccc(-c3cccc(-c4c5ccccc5c(-c5cccc(-c6cccc7c6oc6ccccc67)c5)c5ccccc45)c3)c2-c2ccc3ccccc3c21.CC1(C)c2cccc(-c3cccc(-c4c5ccccc5c(-c5cccc6c5oc5ccccc56)c5ccccc45)c3)c2-c2ccc3ccccc3c21. The highest BCUT2D eigenvalue weighted by atomic mass is 16.3. The smallest absolute Gasteiger partial charge is 0.143 e. The quantitative estimate of drug-likeness (QED) is 0.149. The first-order valence-corrected chi connectivity index (χ1v) is 38.4. The Kier molecular flexibility index (Phi) is 14.1. The van der Waals surface area contributed by atoms with Crippen molar-refractivity contribution in [3.05, 3.63) is 386 Å². The highest BCUT2D eigenvalue weighted by Gasteiger charge is 2.40. The molecule has 2 aliphatic carbocycles. The molecule has 0 fully saturated rings. The maximum atomic E-state index is 6.62. The van der Waals surface area contributed by atoms with Crippen LogP contribution >= 0.6 is 0 Å². The van der Waals surface area contributed by atoms with E-state index in [0.29, 0.717) is 0 Å². The molecule has 0 atom stereocenters. The molecule has 0 bridgehead atoms. The van der Waals surface area contributed by atoms with E-state index in [1.165, 1.54) is 170 Å². The molecule has 0 unspecified atom stereocenters. The fourth-order valence-corrected chi connectivity index (χ4v) is 19.7. The number of para-hydroxylation sites is 4. The molecular formula is C108H72O2. The molecule has 21 aromatic rings. The van der Waals surface area contributed by atoms with Crippen molar-refractivity contribution in [1.82, 2.24) is 0 Å². The molecule has 516 valence electrons. The van der Waals surface area contributed by atoms with Crippen LogP contribution in [0.5, 0.6) is 0 Å². The van der Waals surface area contributed by atoms with Crippen LogP contribution in [0.25, 0.3) is 209 Å². The largest absolute Gasteiger partial charge is 0.455 e. The van der Waals surface area contributed by atoms with Crippen molar-refractivity contribution >= 4 is 109 Å². The topological polar surface area (TPSA) is 26.3 Å². The molecule has 0 amide bonds. The average molecular weight is 1400 g/mol. The van der Waals surface area contributed by atoms with Gasteiger partial charge in [-0.15, -0.1) is 0 Å². The molecule has 110 heavy (non-hydrogen) atoms. The average Bonchev–Trinajstić information content (AvgIpc) is 1.59. The summed E-state index contributed by atoms with van der Waals surface area (Å²) in [6.45, 7) is 9.55. The van der Waals surface area contributed by atoms with Gasteiger partial charge in [0.15, 0.2) is 0 Å². The molecule has 0 aliphatic heterocycles. The number of benzene rings is 19. The standard InChI is InChI=1S/C57H38O.C51H34O/c1-57(2)50-29-14-26-40(54(50)49-32-31-35-15-3-4-20-41(35)55(49)57)36-16-11-18-38(33-36)52-44-22-5-7-24-46(44)53(47-25-8-6-23-45(47)52)39-19-12-17-37(34-39)42-27-13-28-48-43-21-9-10-30-51(43)58-56(42)48;1-51(2)44-26-13-23-34(48(44)42-29-28-31-14-3-4-17-35(31)49(42)51)32-15-11-16-33(30-32)46-37-19-5-7-21-39(37)47(40-22-8-6-20-38(40)46)43-25-12-24-41-36-18-9-10-27-45(36)52-50(41)43/h3-34H,1-2H3;3-30H,1-2H3. The third-order valence-electron chi connectivity index (χ3n) is 24.4. The third kappa shape index (κ3) is 9.49. The van der Waals surface area contributed by atoms with Gasteiger partial charge in [0.2, 0.25) is 0 Å². The Morgan fingerprint density at radius 2 is 0.464 bits per heavy atom. The van der Waals surface area contributed by atoms with Crippen LogP contribution in [0.3, 0.4) is 0 Å². The number of fused-ring (bicyclic) bond motifs is 20. The molecule has 2 aromatic heterocycles. The minimum atomic E-state index is -0.114. The first kappa shape index (κ1) is 63.6. The van der Waals surface area contributed by atoms with E-state index in [-0.39, 0.29) is 10.8 Å². The minimum absolute atomic E-state index is 0.107. The van der Waals surface area contributed by atoms with Crippen LogP contribution in [0.4, 0.5) is 0 Å². The summed E-state index contributed by atoms with van der Waals surface area (Å²) in [5, 5.41) is 19.7. The lowest BCUT2D eigenvalue weighted by molar-refractivity contribution is 0.666. The maximum Gasteiger partial charge on any atom is 0.143 e.